The van der Waals surface area contributed by atoms with Gasteiger partial charge in [0.15, 0.2) is 0 Å². The van der Waals surface area contributed by atoms with Gasteiger partial charge in [0.1, 0.15) is 0 Å². The van der Waals surface area contributed by atoms with Crippen LogP contribution in [-0.4, -0.2) is 42.5 Å². The zero-order chi connectivity index (χ0) is 18.7. The van der Waals surface area contributed by atoms with Crippen LogP contribution in [0.1, 0.15) is 50.2 Å². The first kappa shape index (κ1) is 18.7. The van der Waals surface area contributed by atoms with Gasteiger partial charge in [0.2, 0.25) is 5.91 Å². The number of hydrogen-bond acceptors (Lipinski definition) is 2. The normalized spacial score (nSPS) is 23.0. The summed E-state index contributed by atoms with van der Waals surface area (Å²) in [5.41, 5.74) is 2.42. The van der Waals surface area contributed by atoms with E-state index in [1.54, 1.807) is 0 Å². The average Bonchev–Trinajstić information content (AvgIpc) is 3.43. The summed E-state index contributed by atoms with van der Waals surface area (Å²) in [6.07, 6.45) is 3.24. The third-order valence-corrected chi connectivity index (χ3v) is 5.30. The maximum Gasteiger partial charge on any atom is 0.317 e. The van der Waals surface area contributed by atoms with Crippen LogP contribution in [0.25, 0.3) is 0 Å². The molecule has 1 heterocycles. The molecule has 2 fully saturated rings. The van der Waals surface area contributed by atoms with E-state index in [1.165, 1.54) is 24.0 Å². The number of piperidine rings is 1. The zero-order valence-corrected chi connectivity index (χ0v) is 16.1. The Bertz CT molecular complexity index is 654. The molecular formula is C21H31N3O2. The first-order chi connectivity index (χ1) is 12.4. The Labute approximate surface area is 156 Å². The molecule has 0 radical (unpaired) electrons. The molecule has 1 aliphatic carbocycles. The van der Waals surface area contributed by atoms with E-state index in [0.717, 1.165) is 13.0 Å². The number of nitrogens with zero attached hydrogens (tertiary/aromatic N) is 1. The summed E-state index contributed by atoms with van der Waals surface area (Å²) in [5, 5.41) is 6.07. The third kappa shape index (κ3) is 4.99. The van der Waals surface area contributed by atoms with Crippen molar-refractivity contribution in [2.45, 2.75) is 52.0 Å². The molecule has 2 aliphatic rings. The van der Waals surface area contributed by atoms with Crippen LogP contribution in [0.5, 0.6) is 0 Å². The Kier molecular flexibility index (Phi) is 5.84. The van der Waals surface area contributed by atoms with Crippen LogP contribution in [0.2, 0.25) is 0 Å². The first-order valence-corrected chi connectivity index (χ1v) is 9.82. The second kappa shape index (κ2) is 8.11. The molecule has 0 aromatic heterocycles. The quantitative estimate of drug-likeness (QED) is 0.851. The van der Waals surface area contributed by atoms with Crippen molar-refractivity contribution in [1.82, 2.24) is 15.5 Å². The number of carbonyl (C=O) groups is 2. The number of nitrogens with one attached hydrogen (secondary N) is 2. The molecule has 3 rings (SSSR count). The monoisotopic (exact) mass is 357 g/mol. The van der Waals surface area contributed by atoms with Crippen LogP contribution in [0.4, 0.5) is 4.79 Å². The number of hydrogen-bond donors (Lipinski definition) is 2. The summed E-state index contributed by atoms with van der Waals surface area (Å²) >= 11 is 0. The highest BCUT2D eigenvalue weighted by molar-refractivity contribution is 5.81. The molecule has 5 heteroatoms. The third-order valence-electron chi connectivity index (χ3n) is 5.30. The summed E-state index contributed by atoms with van der Waals surface area (Å²) in [6.45, 7) is 7.93. The zero-order valence-electron chi connectivity index (χ0n) is 16.1. The minimum Gasteiger partial charge on any atom is -0.356 e. The fourth-order valence-electron chi connectivity index (χ4n) is 3.67. The lowest BCUT2D eigenvalue weighted by Crippen LogP contribution is -2.52. The predicted molar refractivity (Wildman–Crippen MR) is 103 cm³/mol. The lowest BCUT2D eigenvalue weighted by molar-refractivity contribution is -0.126. The van der Waals surface area contributed by atoms with Crippen LogP contribution in [-0.2, 0) is 4.79 Å². The van der Waals surface area contributed by atoms with Gasteiger partial charge >= 0.3 is 6.03 Å². The summed E-state index contributed by atoms with van der Waals surface area (Å²) in [7, 11) is 0. The maximum absolute atomic E-state index is 12.7. The number of likely N-dealkylation sites (tertiary alicyclic amines) is 1. The average molecular weight is 357 g/mol. The van der Waals surface area contributed by atoms with Gasteiger partial charge < -0.3 is 15.5 Å². The number of aryl methyl sites for hydroxylation is 1. The standard InChI is InChI=1S/C21H31N3O2/c1-14(2)23-21(26)24-12-18(17-6-4-5-15(3)9-17)10-19(13-24)20(25)22-11-16-7-8-16/h4-6,9,14,16,18-19H,7-8,10-13H2,1-3H3,(H,22,25)(H,23,26). The van der Waals surface area contributed by atoms with E-state index < -0.39 is 0 Å². The highest BCUT2D eigenvalue weighted by Crippen LogP contribution is 2.32. The molecule has 2 unspecified atom stereocenters. The molecule has 0 spiro atoms. The number of rotatable bonds is 5. The van der Waals surface area contributed by atoms with E-state index in [2.05, 4.69) is 41.8 Å². The number of carbonyl (C=O) groups excluding carboxylic acids is 2. The van der Waals surface area contributed by atoms with Crippen LogP contribution in [0.3, 0.4) is 0 Å². The number of benzene rings is 1. The fraction of sp³-hybridized carbons (Fsp3) is 0.619. The number of amides is 3. The van der Waals surface area contributed by atoms with Crippen molar-refractivity contribution < 1.29 is 9.59 Å². The molecule has 1 aromatic carbocycles. The molecule has 1 saturated carbocycles. The van der Waals surface area contributed by atoms with Crippen LogP contribution in [0, 0.1) is 18.8 Å². The Morgan fingerprint density at radius 2 is 2.00 bits per heavy atom. The van der Waals surface area contributed by atoms with Crippen molar-refractivity contribution in [3.63, 3.8) is 0 Å². The van der Waals surface area contributed by atoms with E-state index >= 15 is 0 Å². The molecule has 142 valence electrons. The minimum atomic E-state index is -0.147. The highest BCUT2D eigenvalue weighted by atomic mass is 16.2. The predicted octanol–water partition coefficient (Wildman–Crippen LogP) is 3.04. The molecule has 2 N–H and O–H groups in total. The van der Waals surface area contributed by atoms with Gasteiger partial charge in [-0.3, -0.25) is 4.79 Å². The molecule has 3 amide bonds. The van der Waals surface area contributed by atoms with Gasteiger partial charge in [0, 0.05) is 31.6 Å². The Balaban J connectivity index is 1.73. The van der Waals surface area contributed by atoms with Crippen molar-refractivity contribution in [3.05, 3.63) is 35.4 Å². The first-order valence-electron chi connectivity index (χ1n) is 9.82. The molecule has 2 atom stereocenters. The summed E-state index contributed by atoms with van der Waals surface area (Å²) in [6, 6.07) is 8.44. The van der Waals surface area contributed by atoms with Crippen molar-refractivity contribution in [3.8, 4) is 0 Å². The van der Waals surface area contributed by atoms with Crippen LogP contribution in [0.15, 0.2) is 24.3 Å². The lowest BCUT2D eigenvalue weighted by atomic mass is 9.83. The highest BCUT2D eigenvalue weighted by Gasteiger charge is 2.35. The SMILES string of the molecule is Cc1cccc(C2CC(C(=O)NCC3CC3)CN(C(=O)NC(C)C)C2)c1. The lowest BCUT2D eigenvalue weighted by Gasteiger charge is -2.38. The molecule has 5 nitrogen and oxygen atoms in total. The smallest absolute Gasteiger partial charge is 0.317 e. The van der Waals surface area contributed by atoms with Gasteiger partial charge in [-0.2, -0.15) is 0 Å². The molecule has 1 saturated heterocycles. The topological polar surface area (TPSA) is 61.4 Å². The van der Waals surface area contributed by atoms with Gasteiger partial charge in [-0.05, 0) is 51.5 Å². The fourth-order valence-corrected chi connectivity index (χ4v) is 3.67. The maximum atomic E-state index is 12.7. The van der Waals surface area contributed by atoms with Crippen molar-refractivity contribution >= 4 is 11.9 Å². The van der Waals surface area contributed by atoms with Crippen LogP contribution < -0.4 is 10.6 Å². The Morgan fingerprint density at radius 1 is 1.23 bits per heavy atom. The second-order valence-corrected chi connectivity index (χ2v) is 8.24. The van der Waals surface area contributed by atoms with E-state index in [4.69, 9.17) is 0 Å². The van der Waals surface area contributed by atoms with E-state index in [9.17, 15) is 9.59 Å². The van der Waals surface area contributed by atoms with Crippen LogP contribution >= 0.6 is 0 Å². The molecule has 0 bridgehead atoms. The van der Waals surface area contributed by atoms with E-state index in [1.807, 2.05) is 18.7 Å². The van der Waals surface area contributed by atoms with Gasteiger partial charge in [-0.15, -0.1) is 0 Å². The Hall–Kier alpha value is -2.04. The largest absolute Gasteiger partial charge is 0.356 e. The van der Waals surface area contributed by atoms with E-state index in [0.29, 0.717) is 19.0 Å². The van der Waals surface area contributed by atoms with Crippen molar-refractivity contribution in [2.24, 2.45) is 11.8 Å². The summed E-state index contributed by atoms with van der Waals surface area (Å²) < 4.78 is 0. The number of urea groups is 1. The van der Waals surface area contributed by atoms with Gasteiger partial charge in [-0.25, -0.2) is 4.79 Å². The molecule has 1 aromatic rings. The molecule has 26 heavy (non-hydrogen) atoms. The summed E-state index contributed by atoms with van der Waals surface area (Å²) in [5.74, 6) is 0.802. The Morgan fingerprint density at radius 3 is 2.65 bits per heavy atom. The van der Waals surface area contributed by atoms with E-state index in [-0.39, 0.29) is 29.8 Å². The van der Waals surface area contributed by atoms with Crippen molar-refractivity contribution in [2.75, 3.05) is 19.6 Å². The molecular weight excluding hydrogens is 326 g/mol. The second-order valence-electron chi connectivity index (χ2n) is 8.24. The minimum absolute atomic E-state index is 0.0719. The molecule has 1 aliphatic heterocycles. The van der Waals surface area contributed by atoms with Gasteiger partial charge in [-0.1, -0.05) is 29.8 Å². The van der Waals surface area contributed by atoms with Gasteiger partial charge in [0.05, 0.1) is 5.92 Å². The van der Waals surface area contributed by atoms with Gasteiger partial charge in [0.25, 0.3) is 0 Å². The summed E-state index contributed by atoms with van der Waals surface area (Å²) in [4.78, 5) is 27.1. The van der Waals surface area contributed by atoms with Crippen molar-refractivity contribution in [1.29, 1.82) is 0 Å².